The first-order valence-corrected chi connectivity index (χ1v) is 17.8. The van der Waals surface area contributed by atoms with Crippen LogP contribution in [0.3, 0.4) is 0 Å². The zero-order chi connectivity index (χ0) is 35.4. The number of urea groups is 1. The van der Waals surface area contributed by atoms with Crippen LogP contribution >= 0.6 is 0 Å². The number of nitrogens with zero attached hydrogens (tertiary/aromatic N) is 2. The van der Waals surface area contributed by atoms with E-state index >= 15 is 9.59 Å². The Kier molecular flexibility index (Phi) is 10.7. The van der Waals surface area contributed by atoms with Gasteiger partial charge in [0, 0.05) is 5.56 Å². The van der Waals surface area contributed by atoms with Crippen molar-refractivity contribution in [2.45, 2.75) is 77.2 Å². The zero-order valence-electron chi connectivity index (χ0n) is 29.6. The lowest BCUT2D eigenvalue weighted by molar-refractivity contribution is -0.161. The van der Waals surface area contributed by atoms with Gasteiger partial charge in [-0.15, -0.1) is 0 Å². The average molecular weight is 673 g/mol. The molecule has 2 fully saturated rings. The lowest BCUT2D eigenvalue weighted by atomic mass is 9.75. The highest BCUT2D eigenvalue weighted by Crippen LogP contribution is 2.43. The lowest BCUT2D eigenvalue weighted by Crippen LogP contribution is -2.51. The highest BCUT2D eigenvalue weighted by Gasteiger charge is 2.58. The summed E-state index contributed by atoms with van der Waals surface area (Å²) in [6.07, 6.45) is 2.49. The molecule has 2 aliphatic rings. The first-order valence-electron chi connectivity index (χ1n) is 17.8. The van der Waals surface area contributed by atoms with Crippen LogP contribution in [0.4, 0.5) is 4.79 Å². The fourth-order valence-electron chi connectivity index (χ4n) is 7.94. The minimum absolute atomic E-state index is 0.195. The summed E-state index contributed by atoms with van der Waals surface area (Å²) in [7, 11) is 1.57. The topological polar surface area (TPSA) is 76.2 Å². The van der Waals surface area contributed by atoms with Crippen LogP contribution in [0.5, 0.6) is 5.75 Å². The van der Waals surface area contributed by atoms with E-state index < -0.39 is 36.2 Å². The van der Waals surface area contributed by atoms with Gasteiger partial charge in [0.15, 0.2) is 11.8 Å². The molecule has 0 N–H and O–H groups in total. The van der Waals surface area contributed by atoms with Crippen LogP contribution in [-0.2, 0) is 9.53 Å². The van der Waals surface area contributed by atoms with Crippen molar-refractivity contribution in [2.24, 2.45) is 17.8 Å². The Labute approximate surface area is 296 Å². The summed E-state index contributed by atoms with van der Waals surface area (Å²) in [5.74, 6) is 0.647. The Morgan fingerprint density at radius 2 is 1.24 bits per heavy atom. The summed E-state index contributed by atoms with van der Waals surface area (Å²) in [6, 6.07) is 32.0. The smallest absolute Gasteiger partial charge is 0.331 e. The molecule has 1 saturated carbocycles. The van der Waals surface area contributed by atoms with Gasteiger partial charge in [0.25, 0.3) is 0 Å². The van der Waals surface area contributed by atoms with Crippen molar-refractivity contribution in [3.8, 4) is 5.75 Å². The fourth-order valence-corrected chi connectivity index (χ4v) is 7.94. The molecule has 6 unspecified atom stereocenters. The van der Waals surface area contributed by atoms with Gasteiger partial charge in [-0.1, -0.05) is 118 Å². The standard InChI is InChI=1S/C43H48N2O5/c1-28(2)36-26-21-29(3)27-37(36)50-42(47)40-39(41(46)34-22-24-35(49-5)25-23-34)45(43(48)44(40)30(4)31-15-9-6-10-16-31)38(32-17-11-7-12-18-32)33-19-13-8-14-20-33/h6-20,22-25,28-30,36-40H,21,26-27H2,1-5H3. The van der Waals surface area contributed by atoms with Crippen molar-refractivity contribution >= 4 is 17.8 Å². The van der Waals surface area contributed by atoms with Gasteiger partial charge in [0.1, 0.15) is 17.9 Å². The Bertz CT molecular complexity index is 1710. The summed E-state index contributed by atoms with van der Waals surface area (Å²) in [6.45, 7) is 8.47. The molecule has 6 rings (SSSR count). The van der Waals surface area contributed by atoms with E-state index in [2.05, 4.69) is 20.8 Å². The molecule has 260 valence electrons. The van der Waals surface area contributed by atoms with Gasteiger partial charge in [-0.2, -0.15) is 0 Å². The molecule has 4 aromatic carbocycles. The van der Waals surface area contributed by atoms with Gasteiger partial charge < -0.3 is 19.3 Å². The number of carbonyl (C=O) groups excluding carboxylic acids is 3. The molecule has 0 radical (unpaired) electrons. The van der Waals surface area contributed by atoms with E-state index in [-0.39, 0.29) is 17.8 Å². The number of ether oxygens (including phenoxy) is 2. The third-order valence-electron chi connectivity index (χ3n) is 10.7. The number of esters is 1. The highest BCUT2D eigenvalue weighted by atomic mass is 16.5. The second-order valence-corrected chi connectivity index (χ2v) is 14.2. The van der Waals surface area contributed by atoms with Gasteiger partial charge in [0.05, 0.1) is 19.2 Å². The second-order valence-electron chi connectivity index (χ2n) is 14.2. The van der Waals surface area contributed by atoms with E-state index in [1.54, 1.807) is 41.2 Å². The number of methoxy groups -OCH3 is 1. The molecular formula is C43H48N2O5. The van der Waals surface area contributed by atoms with Crippen LogP contribution in [0.25, 0.3) is 0 Å². The molecule has 1 aliphatic carbocycles. The van der Waals surface area contributed by atoms with Gasteiger partial charge in [-0.05, 0) is 78.5 Å². The van der Waals surface area contributed by atoms with E-state index in [9.17, 15) is 4.79 Å². The van der Waals surface area contributed by atoms with Crippen molar-refractivity contribution in [1.82, 2.24) is 9.80 Å². The Balaban J connectivity index is 1.54. The molecule has 1 saturated heterocycles. The monoisotopic (exact) mass is 672 g/mol. The van der Waals surface area contributed by atoms with Crippen LogP contribution in [0, 0.1) is 17.8 Å². The number of benzene rings is 4. The van der Waals surface area contributed by atoms with Crippen LogP contribution in [0.2, 0.25) is 0 Å². The quantitative estimate of drug-likeness (QED) is 0.118. The van der Waals surface area contributed by atoms with Crippen molar-refractivity contribution in [1.29, 1.82) is 0 Å². The van der Waals surface area contributed by atoms with E-state index in [4.69, 9.17) is 9.47 Å². The third kappa shape index (κ3) is 7.05. The number of ketones is 1. The Morgan fingerprint density at radius 3 is 1.76 bits per heavy atom. The zero-order valence-corrected chi connectivity index (χ0v) is 29.6. The van der Waals surface area contributed by atoms with Crippen molar-refractivity contribution in [2.75, 3.05) is 7.11 Å². The Morgan fingerprint density at radius 1 is 0.700 bits per heavy atom. The molecule has 50 heavy (non-hydrogen) atoms. The van der Waals surface area contributed by atoms with Gasteiger partial charge >= 0.3 is 12.0 Å². The van der Waals surface area contributed by atoms with E-state index in [0.717, 1.165) is 36.0 Å². The molecule has 0 bridgehead atoms. The van der Waals surface area contributed by atoms with Gasteiger partial charge in [-0.3, -0.25) is 4.79 Å². The summed E-state index contributed by atoms with van der Waals surface area (Å²) in [5, 5.41) is 0. The molecular weight excluding hydrogens is 624 g/mol. The molecule has 0 spiro atoms. The summed E-state index contributed by atoms with van der Waals surface area (Å²) < 4.78 is 11.9. The maximum Gasteiger partial charge on any atom is 0.331 e. The predicted molar refractivity (Wildman–Crippen MR) is 195 cm³/mol. The van der Waals surface area contributed by atoms with E-state index in [1.807, 2.05) is 97.9 Å². The minimum Gasteiger partial charge on any atom is -0.497 e. The molecule has 4 aromatic rings. The van der Waals surface area contributed by atoms with Crippen LogP contribution in [0.15, 0.2) is 115 Å². The lowest BCUT2D eigenvalue weighted by Gasteiger charge is -2.38. The first-order chi connectivity index (χ1) is 24.2. The summed E-state index contributed by atoms with van der Waals surface area (Å²) in [5.41, 5.74) is 2.91. The summed E-state index contributed by atoms with van der Waals surface area (Å²) >= 11 is 0. The van der Waals surface area contributed by atoms with Gasteiger partial charge in [-0.25, -0.2) is 9.59 Å². The van der Waals surface area contributed by atoms with Crippen LogP contribution in [0.1, 0.15) is 86.1 Å². The fraction of sp³-hybridized carbons (Fsp3) is 0.372. The number of hydrogen-bond acceptors (Lipinski definition) is 5. The molecule has 0 aromatic heterocycles. The number of Topliss-reactive ketones (excluding diaryl/α,β-unsaturated/α-hetero) is 1. The maximum absolute atomic E-state index is 15.3. The number of carbonyl (C=O) groups is 3. The normalized spacial score (nSPS) is 22.9. The third-order valence-corrected chi connectivity index (χ3v) is 10.7. The maximum atomic E-state index is 15.3. The Hall–Kier alpha value is -4.91. The summed E-state index contributed by atoms with van der Waals surface area (Å²) in [4.78, 5) is 48.5. The molecule has 7 heteroatoms. The van der Waals surface area contributed by atoms with Crippen LogP contribution in [-0.4, -0.2) is 52.9 Å². The molecule has 1 aliphatic heterocycles. The van der Waals surface area contributed by atoms with Gasteiger partial charge in [0.2, 0.25) is 0 Å². The molecule has 2 amide bonds. The van der Waals surface area contributed by atoms with E-state index in [1.165, 1.54) is 0 Å². The molecule has 1 heterocycles. The van der Waals surface area contributed by atoms with Crippen LogP contribution < -0.4 is 4.74 Å². The number of amides is 2. The average Bonchev–Trinajstić information content (AvgIpc) is 3.44. The molecule has 6 atom stereocenters. The largest absolute Gasteiger partial charge is 0.497 e. The SMILES string of the molecule is COc1ccc(C(=O)C2C(C(=O)OC3CC(C)CCC3C(C)C)N(C(C)c3ccccc3)C(=O)N2C(c2ccccc2)c2ccccc2)cc1. The molecule has 7 nitrogen and oxygen atoms in total. The van der Waals surface area contributed by atoms with Crippen molar-refractivity contribution in [3.63, 3.8) is 0 Å². The minimum atomic E-state index is -1.20. The highest BCUT2D eigenvalue weighted by molar-refractivity contribution is 6.08. The predicted octanol–water partition coefficient (Wildman–Crippen LogP) is 8.91. The first kappa shape index (κ1) is 34.9. The van der Waals surface area contributed by atoms with E-state index in [0.29, 0.717) is 23.1 Å². The van der Waals surface area contributed by atoms with Crippen molar-refractivity contribution < 1.29 is 23.9 Å². The number of rotatable bonds is 11. The van der Waals surface area contributed by atoms with Crippen molar-refractivity contribution in [3.05, 3.63) is 138 Å². The number of hydrogen-bond donors (Lipinski definition) is 0. The second kappa shape index (κ2) is 15.3.